The molecule has 0 aliphatic rings. The number of carbonyl (C=O) groups excluding carboxylic acids is 1. The predicted octanol–water partition coefficient (Wildman–Crippen LogP) is 2.94. The summed E-state index contributed by atoms with van der Waals surface area (Å²) in [5.74, 6) is 1.29. The number of carbonyl (C=O) groups is 1. The van der Waals surface area contributed by atoms with Crippen LogP contribution in [-0.2, 0) is 0 Å². The van der Waals surface area contributed by atoms with Crippen LogP contribution in [0.2, 0.25) is 0 Å². The van der Waals surface area contributed by atoms with Crippen LogP contribution in [0.15, 0.2) is 36.4 Å². The van der Waals surface area contributed by atoms with Gasteiger partial charge < -0.3 is 25.3 Å². The number of amides is 1. The minimum atomic E-state index is -0.312. The number of hydrogen-bond donors (Lipinski definition) is 2. The zero-order chi connectivity index (χ0) is 16.8. The molecule has 23 heavy (non-hydrogen) atoms. The van der Waals surface area contributed by atoms with Crippen LogP contribution < -0.4 is 25.3 Å². The molecule has 0 spiro atoms. The largest absolute Gasteiger partial charge is 0.493 e. The van der Waals surface area contributed by atoms with Gasteiger partial charge in [0.05, 0.1) is 26.4 Å². The van der Waals surface area contributed by atoms with E-state index >= 15 is 0 Å². The van der Waals surface area contributed by atoms with E-state index < -0.39 is 0 Å². The monoisotopic (exact) mass is 316 g/mol. The first-order valence-corrected chi connectivity index (χ1v) is 7.14. The number of methoxy groups -OCH3 is 2. The summed E-state index contributed by atoms with van der Waals surface area (Å²) in [7, 11) is 3.09. The SMILES string of the molecule is CCOc1ccc(N)cc1C(=O)Nc1ccc(OC)c(OC)c1. The van der Waals surface area contributed by atoms with E-state index in [0.717, 1.165) is 0 Å². The van der Waals surface area contributed by atoms with E-state index in [2.05, 4.69) is 5.32 Å². The molecule has 2 rings (SSSR count). The molecule has 0 aromatic heterocycles. The summed E-state index contributed by atoms with van der Waals surface area (Å²) in [6.45, 7) is 2.31. The molecule has 0 saturated heterocycles. The minimum Gasteiger partial charge on any atom is -0.493 e. The average Bonchev–Trinajstić information content (AvgIpc) is 2.56. The van der Waals surface area contributed by atoms with Crippen molar-refractivity contribution in [1.29, 1.82) is 0 Å². The molecule has 122 valence electrons. The van der Waals surface area contributed by atoms with Crippen molar-refractivity contribution in [1.82, 2.24) is 0 Å². The summed E-state index contributed by atoms with van der Waals surface area (Å²) in [6, 6.07) is 10.1. The van der Waals surface area contributed by atoms with Gasteiger partial charge in [0.15, 0.2) is 11.5 Å². The van der Waals surface area contributed by atoms with E-state index in [4.69, 9.17) is 19.9 Å². The Morgan fingerprint density at radius 2 is 1.74 bits per heavy atom. The third kappa shape index (κ3) is 3.85. The zero-order valence-electron chi connectivity index (χ0n) is 13.4. The molecule has 6 nitrogen and oxygen atoms in total. The van der Waals surface area contributed by atoms with Crippen molar-refractivity contribution in [3.8, 4) is 17.2 Å². The van der Waals surface area contributed by atoms with Crippen LogP contribution in [0, 0.1) is 0 Å². The Hall–Kier alpha value is -2.89. The second-order valence-corrected chi connectivity index (χ2v) is 4.71. The van der Waals surface area contributed by atoms with E-state index in [1.807, 2.05) is 6.92 Å². The van der Waals surface area contributed by atoms with Crippen molar-refractivity contribution < 1.29 is 19.0 Å². The highest BCUT2D eigenvalue weighted by atomic mass is 16.5. The topological polar surface area (TPSA) is 82.8 Å². The van der Waals surface area contributed by atoms with Crippen LogP contribution in [0.25, 0.3) is 0 Å². The molecule has 0 atom stereocenters. The van der Waals surface area contributed by atoms with Gasteiger partial charge in [-0.05, 0) is 37.3 Å². The molecule has 0 unspecified atom stereocenters. The maximum Gasteiger partial charge on any atom is 0.259 e. The van der Waals surface area contributed by atoms with Crippen LogP contribution in [-0.4, -0.2) is 26.7 Å². The third-order valence-corrected chi connectivity index (χ3v) is 3.19. The second-order valence-electron chi connectivity index (χ2n) is 4.71. The summed E-state index contributed by atoms with van der Waals surface area (Å²) >= 11 is 0. The predicted molar refractivity (Wildman–Crippen MR) is 89.5 cm³/mol. The molecule has 0 radical (unpaired) electrons. The van der Waals surface area contributed by atoms with Crippen LogP contribution >= 0.6 is 0 Å². The number of ether oxygens (including phenoxy) is 3. The fraction of sp³-hybridized carbons (Fsp3) is 0.235. The van der Waals surface area contributed by atoms with Crippen LogP contribution in [0.4, 0.5) is 11.4 Å². The van der Waals surface area contributed by atoms with Crippen molar-refractivity contribution in [3.05, 3.63) is 42.0 Å². The maximum atomic E-state index is 12.5. The lowest BCUT2D eigenvalue weighted by Crippen LogP contribution is -2.14. The lowest BCUT2D eigenvalue weighted by molar-refractivity contribution is 0.102. The first-order valence-electron chi connectivity index (χ1n) is 7.14. The Morgan fingerprint density at radius 3 is 2.39 bits per heavy atom. The highest BCUT2D eigenvalue weighted by Crippen LogP contribution is 2.30. The lowest BCUT2D eigenvalue weighted by atomic mass is 10.1. The highest BCUT2D eigenvalue weighted by Gasteiger charge is 2.14. The van der Waals surface area contributed by atoms with Gasteiger partial charge in [-0.1, -0.05) is 0 Å². The molecule has 0 aliphatic carbocycles. The Balaban J connectivity index is 2.27. The van der Waals surface area contributed by atoms with Gasteiger partial charge >= 0.3 is 0 Å². The maximum absolute atomic E-state index is 12.5. The summed E-state index contributed by atoms with van der Waals surface area (Å²) < 4.78 is 15.9. The second kappa shape index (κ2) is 7.40. The van der Waals surface area contributed by atoms with Crippen molar-refractivity contribution in [3.63, 3.8) is 0 Å². The standard InChI is InChI=1S/C17H20N2O4/c1-4-23-14-7-5-11(18)9-13(14)17(20)19-12-6-8-15(21-2)16(10-12)22-3/h5-10H,4,18H2,1-3H3,(H,19,20). The molecule has 0 bridgehead atoms. The van der Waals surface area contributed by atoms with Gasteiger partial charge in [-0.2, -0.15) is 0 Å². The summed E-state index contributed by atoms with van der Waals surface area (Å²) in [4.78, 5) is 12.5. The molecule has 0 fully saturated rings. The van der Waals surface area contributed by atoms with Crippen molar-refractivity contribution >= 4 is 17.3 Å². The van der Waals surface area contributed by atoms with Crippen LogP contribution in [0.1, 0.15) is 17.3 Å². The smallest absolute Gasteiger partial charge is 0.259 e. The number of anilines is 2. The van der Waals surface area contributed by atoms with Crippen molar-refractivity contribution in [2.24, 2.45) is 0 Å². The zero-order valence-corrected chi connectivity index (χ0v) is 13.4. The van der Waals surface area contributed by atoms with Gasteiger partial charge in [-0.25, -0.2) is 0 Å². The van der Waals surface area contributed by atoms with Gasteiger partial charge in [0.1, 0.15) is 5.75 Å². The van der Waals surface area contributed by atoms with E-state index in [0.29, 0.717) is 40.8 Å². The van der Waals surface area contributed by atoms with Gasteiger partial charge in [-0.15, -0.1) is 0 Å². The molecule has 3 N–H and O–H groups in total. The average molecular weight is 316 g/mol. The minimum absolute atomic E-state index is 0.312. The number of nitrogen functional groups attached to an aromatic ring is 1. The van der Waals surface area contributed by atoms with E-state index in [1.165, 1.54) is 7.11 Å². The van der Waals surface area contributed by atoms with Crippen molar-refractivity contribution in [2.45, 2.75) is 6.92 Å². The summed E-state index contributed by atoms with van der Waals surface area (Å²) in [5, 5.41) is 2.80. The summed E-state index contributed by atoms with van der Waals surface area (Å²) in [5.41, 5.74) is 7.22. The number of hydrogen-bond acceptors (Lipinski definition) is 5. The van der Waals surface area contributed by atoms with Crippen LogP contribution in [0.5, 0.6) is 17.2 Å². The normalized spacial score (nSPS) is 10.0. The number of nitrogens with one attached hydrogen (secondary N) is 1. The lowest BCUT2D eigenvalue weighted by Gasteiger charge is -2.13. The van der Waals surface area contributed by atoms with Gasteiger partial charge in [0, 0.05) is 17.4 Å². The fourth-order valence-corrected chi connectivity index (χ4v) is 2.12. The third-order valence-electron chi connectivity index (χ3n) is 3.19. The first-order chi connectivity index (χ1) is 11.1. The quantitative estimate of drug-likeness (QED) is 0.801. The van der Waals surface area contributed by atoms with Crippen LogP contribution in [0.3, 0.4) is 0 Å². The van der Waals surface area contributed by atoms with Gasteiger partial charge in [0.25, 0.3) is 5.91 Å². The molecular formula is C17H20N2O4. The number of nitrogens with two attached hydrogens (primary N) is 1. The fourth-order valence-electron chi connectivity index (χ4n) is 2.12. The molecule has 6 heteroatoms. The molecule has 1 amide bonds. The molecule has 2 aromatic carbocycles. The van der Waals surface area contributed by atoms with E-state index in [-0.39, 0.29) is 5.91 Å². The highest BCUT2D eigenvalue weighted by molar-refractivity contribution is 6.06. The Morgan fingerprint density at radius 1 is 1.04 bits per heavy atom. The van der Waals surface area contributed by atoms with Crippen molar-refractivity contribution in [2.75, 3.05) is 31.9 Å². The Bertz CT molecular complexity index is 701. The number of benzene rings is 2. The molecule has 2 aromatic rings. The number of rotatable bonds is 6. The van der Waals surface area contributed by atoms with E-state index in [1.54, 1.807) is 43.5 Å². The molecule has 0 aliphatic heterocycles. The Kier molecular flexibility index (Phi) is 5.30. The van der Waals surface area contributed by atoms with Gasteiger partial charge in [-0.3, -0.25) is 4.79 Å². The molecule has 0 saturated carbocycles. The summed E-state index contributed by atoms with van der Waals surface area (Å²) in [6.07, 6.45) is 0. The Labute approximate surface area is 135 Å². The molecular weight excluding hydrogens is 296 g/mol. The molecule has 0 heterocycles. The first kappa shape index (κ1) is 16.5. The van der Waals surface area contributed by atoms with E-state index in [9.17, 15) is 4.79 Å². The van der Waals surface area contributed by atoms with Gasteiger partial charge in [0.2, 0.25) is 0 Å².